The highest BCUT2D eigenvalue weighted by molar-refractivity contribution is 6.05. The van der Waals surface area contributed by atoms with E-state index in [1.54, 1.807) is 23.2 Å². The van der Waals surface area contributed by atoms with E-state index in [2.05, 4.69) is 16.1 Å². The van der Waals surface area contributed by atoms with Gasteiger partial charge in [0.15, 0.2) is 0 Å². The molecule has 2 aromatic carbocycles. The standard InChI is InChI=1S/C22H15FN4O/c1-26-20-10-15(2-3-16(20)11-25-26)19-12-24-13-21-18(19)8-9-27(21)22(28)14-4-6-17(23)7-5-14/h2-13H,1H3. The third-order valence-electron chi connectivity index (χ3n) is 4.99. The molecule has 28 heavy (non-hydrogen) atoms. The molecule has 0 N–H and O–H groups in total. The lowest BCUT2D eigenvalue weighted by Crippen LogP contribution is -2.10. The van der Waals surface area contributed by atoms with Crippen molar-refractivity contribution in [1.82, 2.24) is 19.3 Å². The molecular weight excluding hydrogens is 355 g/mol. The summed E-state index contributed by atoms with van der Waals surface area (Å²) in [4.78, 5) is 17.2. The lowest BCUT2D eigenvalue weighted by atomic mass is 10.0. The Hall–Kier alpha value is -3.80. The molecule has 0 atom stereocenters. The fourth-order valence-electron chi connectivity index (χ4n) is 3.51. The van der Waals surface area contributed by atoms with E-state index >= 15 is 0 Å². The van der Waals surface area contributed by atoms with E-state index in [0.29, 0.717) is 11.1 Å². The molecule has 5 rings (SSSR count). The van der Waals surface area contributed by atoms with Gasteiger partial charge >= 0.3 is 0 Å². The Labute approximate surface area is 159 Å². The maximum Gasteiger partial charge on any atom is 0.262 e. The SMILES string of the molecule is Cn1ncc2ccc(-c3cncc4c3ccn4C(=O)c3ccc(F)cc3)cc21. The van der Waals surface area contributed by atoms with Gasteiger partial charge in [-0.1, -0.05) is 12.1 Å². The molecule has 0 aliphatic heterocycles. The van der Waals surface area contributed by atoms with Crippen molar-refractivity contribution in [3.63, 3.8) is 0 Å². The first kappa shape index (κ1) is 16.4. The lowest BCUT2D eigenvalue weighted by Gasteiger charge is -2.07. The van der Waals surface area contributed by atoms with Crippen LogP contribution >= 0.6 is 0 Å². The molecule has 5 aromatic rings. The Kier molecular flexibility index (Phi) is 3.58. The molecule has 0 unspecified atom stereocenters. The minimum Gasteiger partial charge on any atom is -0.282 e. The smallest absolute Gasteiger partial charge is 0.262 e. The zero-order valence-electron chi connectivity index (χ0n) is 15.0. The number of halogens is 1. The Balaban J connectivity index is 1.64. The summed E-state index contributed by atoms with van der Waals surface area (Å²) in [5, 5.41) is 6.27. The molecule has 6 heteroatoms. The van der Waals surface area contributed by atoms with Crippen molar-refractivity contribution in [1.29, 1.82) is 0 Å². The fraction of sp³-hybridized carbons (Fsp3) is 0.0455. The molecule has 0 aliphatic rings. The maximum atomic E-state index is 13.2. The van der Waals surface area contributed by atoms with E-state index in [4.69, 9.17) is 0 Å². The average molecular weight is 370 g/mol. The second kappa shape index (κ2) is 6.13. The van der Waals surface area contributed by atoms with Crippen LogP contribution in [-0.2, 0) is 7.05 Å². The van der Waals surface area contributed by atoms with Gasteiger partial charge in [-0.15, -0.1) is 0 Å². The molecule has 0 bridgehead atoms. The molecule has 3 aromatic heterocycles. The third kappa shape index (κ3) is 2.50. The normalized spacial score (nSPS) is 11.4. The van der Waals surface area contributed by atoms with Gasteiger partial charge in [0.25, 0.3) is 5.91 Å². The summed E-state index contributed by atoms with van der Waals surface area (Å²) in [5.74, 6) is -0.598. The maximum absolute atomic E-state index is 13.2. The average Bonchev–Trinajstić information content (AvgIpc) is 3.31. The van der Waals surface area contributed by atoms with Crippen LogP contribution < -0.4 is 0 Å². The summed E-state index contributed by atoms with van der Waals surface area (Å²) in [6.07, 6.45) is 7.02. The van der Waals surface area contributed by atoms with Crippen LogP contribution in [-0.4, -0.2) is 25.2 Å². The number of pyridine rings is 1. The summed E-state index contributed by atoms with van der Waals surface area (Å²) in [6, 6.07) is 13.6. The number of benzene rings is 2. The Morgan fingerprint density at radius 1 is 0.964 bits per heavy atom. The van der Waals surface area contributed by atoms with Gasteiger partial charge in [0, 0.05) is 41.3 Å². The van der Waals surface area contributed by atoms with Crippen LogP contribution in [0, 0.1) is 5.82 Å². The van der Waals surface area contributed by atoms with Gasteiger partial charge in [-0.2, -0.15) is 5.10 Å². The minimum atomic E-state index is -0.372. The number of rotatable bonds is 2. The predicted molar refractivity (Wildman–Crippen MR) is 106 cm³/mol. The largest absolute Gasteiger partial charge is 0.282 e. The molecule has 5 nitrogen and oxygen atoms in total. The van der Waals surface area contributed by atoms with Crippen LogP contribution in [0.15, 0.2) is 73.3 Å². The van der Waals surface area contributed by atoms with E-state index in [1.807, 2.05) is 36.1 Å². The van der Waals surface area contributed by atoms with E-state index in [0.717, 1.165) is 27.4 Å². The predicted octanol–water partition coefficient (Wildman–Crippen LogP) is 4.42. The van der Waals surface area contributed by atoms with Gasteiger partial charge in [0.05, 0.1) is 23.4 Å². The van der Waals surface area contributed by atoms with E-state index in [9.17, 15) is 9.18 Å². The Bertz CT molecular complexity index is 1350. The topological polar surface area (TPSA) is 52.7 Å². The molecule has 3 heterocycles. The zero-order valence-corrected chi connectivity index (χ0v) is 15.0. The molecule has 0 amide bonds. The van der Waals surface area contributed by atoms with Gasteiger partial charge in [0.1, 0.15) is 5.82 Å². The van der Waals surface area contributed by atoms with E-state index < -0.39 is 0 Å². The van der Waals surface area contributed by atoms with Crippen molar-refractivity contribution >= 4 is 27.7 Å². The number of carbonyl (C=O) groups excluding carboxylic acids is 1. The van der Waals surface area contributed by atoms with E-state index in [1.165, 1.54) is 24.3 Å². The third-order valence-corrected chi connectivity index (χ3v) is 4.99. The highest BCUT2D eigenvalue weighted by Gasteiger charge is 2.15. The summed E-state index contributed by atoms with van der Waals surface area (Å²) < 4.78 is 16.5. The second-order valence-electron chi connectivity index (χ2n) is 6.66. The first-order chi connectivity index (χ1) is 13.6. The first-order valence-corrected chi connectivity index (χ1v) is 8.79. The van der Waals surface area contributed by atoms with Gasteiger partial charge < -0.3 is 0 Å². The molecule has 0 saturated heterocycles. The van der Waals surface area contributed by atoms with Crippen molar-refractivity contribution in [2.24, 2.45) is 7.05 Å². The Morgan fingerprint density at radius 3 is 2.61 bits per heavy atom. The number of hydrogen-bond donors (Lipinski definition) is 0. The summed E-state index contributed by atoms with van der Waals surface area (Å²) in [6.45, 7) is 0. The molecule has 0 radical (unpaired) electrons. The lowest BCUT2D eigenvalue weighted by molar-refractivity contribution is 0.0965. The van der Waals surface area contributed by atoms with Crippen molar-refractivity contribution in [3.05, 3.63) is 84.7 Å². The molecular formula is C22H15FN4O. The quantitative estimate of drug-likeness (QED) is 0.462. The van der Waals surface area contributed by atoms with E-state index in [-0.39, 0.29) is 11.7 Å². The number of nitrogens with zero attached hydrogens (tertiary/aromatic N) is 4. The van der Waals surface area contributed by atoms with Gasteiger partial charge in [-0.05, 0) is 42.0 Å². The zero-order chi connectivity index (χ0) is 19.3. The van der Waals surface area contributed by atoms with Gasteiger partial charge in [-0.25, -0.2) is 4.39 Å². The van der Waals surface area contributed by atoms with Crippen LogP contribution in [0.3, 0.4) is 0 Å². The number of hydrogen-bond acceptors (Lipinski definition) is 3. The summed E-state index contributed by atoms with van der Waals surface area (Å²) >= 11 is 0. The van der Waals surface area contributed by atoms with Crippen LogP contribution in [0.2, 0.25) is 0 Å². The second-order valence-corrected chi connectivity index (χ2v) is 6.66. The first-order valence-electron chi connectivity index (χ1n) is 8.79. The van der Waals surface area contributed by atoms with Crippen molar-refractivity contribution < 1.29 is 9.18 Å². The minimum absolute atomic E-state index is 0.226. The molecule has 0 fully saturated rings. The van der Waals surface area contributed by atoms with Crippen molar-refractivity contribution in [3.8, 4) is 11.1 Å². The number of carbonyl (C=O) groups is 1. The highest BCUT2D eigenvalue weighted by atomic mass is 19.1. The summed E-state index contributed by atoms with van der Waals surface area (Å²) in [5.41, 5.74) is 4.08. The number of aromatic nitrogens is 4. The number of fused-ring (bicyclic) bond motifs is 2. The van der Waals surface area contributed by atoms with Crippen molar-refractivity contribution in [2.45, 2.75) is 0 Å². The molecule has 0 aliphatic carbocycles. The van der Waals surface area contributed by atoms with Crippen LogP contribution in [0.5, 0.6) is 0 Å². The molecule has 0 spiro atoms. The van der Waals surface area contributed by atoms with Gasteiger partial charge in [-0.3, -0.25) is 19.0 Å². The van der Waals surface area contributed by atoms with Crippen LogP contribution in [0.1, 0.15) is 10.4 Å². The Morgan fingerprint density at radius 2 is 1.79 bits per heavy atom. The van der Waals surface area contributed by atoms with Gasteiger partial charge in [0.2, 0.25) is 0 Å². The number of aryl methyl sites for hydroxylation is 1. The van der Waals surface area contributed by atoms with Crippen LogP contribution in [0.4, 0.5) is 4.39 Å². The summed E-state index contributed by atoms with van der Waals surface area (Å²) in [7, 11) is 1.91. The molecule has 0 saturated carbocycles. The molecule has 136 valence electrons. The highest BCUT2D eigenvalue weighted by Crippen LogP contribution is 2.31. The van der Waals surface area contributed by atoms with Crippen LogP contribution in [0.25, 0.3) is 32.9 Å². The fourth-order valence-corrected chi connectivity index (χ4v) is 3.51. The van der Waals surface area contributed by atoms with Crippen molar-refractivity contribution in [2.75, 3.05) is 0 Å². The monoisotopic (exact) mass is 370 g/mol.